The van der Waals surface area contributed by atoms with Gasteiger partial charge in [-0.25, -0.2) is 4.98 Å². The van der Waals surface area contributed by atoms with Crippen LogP contribution in [0.3, 0.4) is 0 Å². The lowest BCUT2D eigenvalue weighted by Crippen LogP contribution is -2.34. The fraction of sp³-hybridized carbons (Fsp3) is 0.381. The van der Waals surface area contributed by atoms with E-state index in [1.807, 2.05) is 0 Å². The van der Waals surface area contributed by atoms with E-state index in [0.717, 1.165) is 54.1 Å². The summed E-state index contributed by atoms with van der Waals surface area (Å²) < 4.78 is 45.9. The van der Waals surface area contributed by atoms with Crippen LogP contribution in [0.4, 0.5) is 24.0 Å². The monoisotopic (exact) mass is 466 g/mol. The number of nitrogens with one attached hydrogen (secondary N) is 1. The van der Waals surface area contributed by atoms with Crippen LogP contribution in [-0.4, -0.2) is 47.8 Å². The summed E-state index contributed by atoms with van der Waals surface area (Å²) in [7, 11) is 1.41. The van der Waals surface area contributed by atoms with Crippen molar-refractivity contribution < 1.29 is 27.8 Å². The van der Waals surface area contributed by atoms with Gasteiger partial charge in [0, 0.05) is 32.0 Å². The van der Waals surface area contributed by atoms with Gasteiger partial charge in [-0.2, -0.15) is 13.2 Å². The maximum absolute atomic E-state index is 13.3. The first-order valence-corrected chi connectivity index (χ1v) is 10.8. The summed E-state index contributed by atoms with van der Waals surface area (Å²) in [5.41, 5.74) is -0.918. The van der Waals surface area contributed by atoms with Crippen LogP contribution in [0.15, 0.2) is 30.5 Å². The second-order valence-electron chi connectivity index (χ2n) is 7.48. The summed E-state index contributed by atoms with van der Waals surface area (Å²) >= 11 is 1.43. The van der Waals surface area contributed by atoms with Gasteiger partial charge in [-0.15, -0.1) is 0 Å². The standard InChI is InChI=1S/C21H21F3N4O3S/c1-31-16-9-15-17(32-20(27-15)28-7-4-12(11-29)5-8-28)10-14(16)26-19(30)18-13(21(22,23)24)3-2-6-25-18/h2-3,6,9-10,12,29H,4-5,7-8,11H2,1H3,(H,26,30). The number of amides is 1. The highest BCUT2D eigenvalue weighted by Crippen LogP contribution is 2.38. The summed E-state index contributed by atoms with van der Waals surface area (Å²) in [6.45, 7) is 1.75. The molecule has 11 heteroatoms. The molecule has 2 N–H and O–H groups in total. The number of ether oxygens (including phenoxy) is 1. The third-order valence-electron chi connectivity index (χ3n) is 5.42. The van der Waals surface area contributed by atoms with Crippen molar-refractivity contribution in [2.24, 2.45) is 5.92 Å². The number of alkyl halides is 3. The van der Waals surface area contributed by atoms with Gasteiger partial charge in [0.15, 0.2) is 5.13 Å². The highest BCUT2D eigenvalue weighted by atomic mass is 32.1. The second-order valence-corrected chi connectivity index (χ2v) is 8.49. The van der Waals surface area contributed by atoms with Gasteiger partial charge < -0.3 is 20.1 Å². The number of rotatable bonds is 5. The predicted octanol–water partition coefficient (Wildman–Crippen LogP) is 4.18. The number of piperidine rings is 1. The highest BCUT2D eigenvalue weighted by Gasteiger charge is 2.36. The molecule has 0 atom stereocenters. The largest absolute Gasteiger partial charge is 0.494 e. The number of fused-ring (bicyclic) bond motifs is 1. The highest BCUT2D eigenvalue weighted by molar-refractivity contribution is 7.22. The number of hydrogen-bond acceptors (Lipinski definition) is 7. The summed E-state index contributed by atoms with van der Waals surface area (Å²) in [4.78, 5) is 23.1. The molecule has 0 unspecified atom stereocenters. The molecule has 0 radical (unpaired) electrons. The van der Waals surface area contributed by atoms with E-state index in [1.165, 1.54) is 18.4 Å². The number of carbonyl (C=O) groups is 1. The van der Waals surface area contributed by atoms with Crippen LogP contribution in [0.5, 0.6) is 5.75 Å². The van der Waals surface area contributed by atoms with Crippen molar-refractivity contribution >= 4 is 38.3 Å². The molecule has 7 nitrogen and oxygen atoms in total. The van der Waals surface area contributed by atoms with Crippen LogP contribution >= 0.6 is 11.3 Å². The van der Waals surface area contributed by atoms with Crippen LogP contribution < -0.4 is 15.0 Å². The van der Waals surface area contributed by atoms with Gasteiger partial charge in [0.1, 0.15) is 11.4 Å². The van der Waals surface area contributed by atoms with Crippen molar-refractivity contribution in [1.82, 2.24) is 9.97 Å². The number of carbonyl (C=O) groups excluding carboxylic acids is 1. The zero-order valence-electron chi connectivity index (χ0n) is 17.1. The lowest BCUT2D eigenvalue weighted by Gasteiger charge is -2.30. The zero-order valence-corrected chi connectivity index (χ0v) is 18.0. The normalized spacial score (nSPS) is 15.2. The number of aliphatic hydroxyl groups excluding tert-OH is 1. The number of aliphatic hydroxyl groups is 1. The number of pyridine rings is 1. The molecule has 0 saturated carbocycles. The van der Waals surface area contributed by atoms with Crippen molar-refractivity contribution in [1.29, 1.82) is 0 Å². The minimum Gasteiger partial charge on any atom is -0.494 e. The Morgan fingerprint density at radius 3 is 2.75 bits per heavy atom. The van der Waals surface area contributed by atoms with Crippen molar-refractivity contribution in [3.63, 3.8) is 0 Å². The average Bonchev–Trinajstić information content (AvgIpc) is 3.20. The molecule has 1 amide bonds. The van der Waals surface area contributed by atoms with Crippen molar-refractivity contribution in [3.05, 3.63) is 41.7 Å². The van der Waals surface area contributed by atoms with Crippen LogP contribution in [0.1, 0.15) is 28.9 Å². The molecule has 0 aliphatic carbocycles. The Morgan fingerprint density at radius 1 is 1.34 bits per heavy atom. The maximum Gasteiger partial charge on any atom is 0.418 e. The first-order chi connectivity index (χ1) is 15.3. The number of thiazole rings is 1. The van der Waals surface area contributed by atoms with Crippen molar-refractivity contribution in [3.8, 4) is 5.75 Å². The summed E-state index contributed by atoms with van der Waals surface area (Å²) in [5, 5.41) is 12.6. The third-order valence-corrected chi connectivity index (χ3v) is 6.50. The number of anilines is 2. The maximum atomic E-state index is 13.3. The first kappa shape index (κ1) is 22.3. The quantitative estimate of drug-likeness (QED) is 0.587. The van der Waals surface area contributed by atoms with Crippen molar-refractivity contribution in [2.45, 2.75) is 19.0 Å². The SMILES string of the molecule is COc1cc2nc(N3CCC(CO)CC3)sc2cc1NC(=O)c1ncccc1C(F)(F)F. The summed E-state index contributed by atoms with van der Waals surface area (Å²) in [6, 6.07) is 5.24. The molecule has 2 aromatic heterocycles. The van der Waals surface area contributed by atoms with E-state index in [-0.39, 0.29) is 18.0 Å². The number of methoxy groups -OCH3 is 1. The molecule has 1 fully saturated rings. The third kappa shape index (κ3) is 4.49. The number of halogens is 3. The van der Waals surface area contributed by atoms with Crippen LogP contribution in [-0.2, 0) is 6.18 Å². The zero-order chi connectivity index (χ0) is 22.9. The summed E-state index contributed by atoms with van der Waals surface area (Å²) in [5.74, 6) is -0.395. The molecular formula is C21H21F3N4O3S. The van der Waals surface area contributed by atoms with Gasteiger partial charge in [-0.05, 0) is 37.0 Å². The van der Waals surface area contributed by atoms with Gasteiger partial charge in [0.2, 0.25) is 0 Å². The molecule has 1 aromatic carbocycles. The lowest BCUT2D eigenvalue weighted by atomic mass is 9.98. The molecule has 3 aromatic rings. The minimum absolute atomic E-state index is 0.181. The minimum atomic E-state index is -4.70. The topological polar surface area (TPSA) is 87.6 Å². The molecular weight excluding hydrogens is 445 g/mol. The second kappa shape index (κ2) is 8.91. The molecule has 1 aliphatic rings. The van der Waals surface area contributed by atoms with Gasteiger partial charge >= 0.3 is 6.18 Å². The smallest absolute Gasteiger partial charge is 0.418 e. The van der Waals surface area contributed by atoms with Gasteiger partial charge in [-0.1, -0.05) is 11.3 Å². The van der Waals surface area contributed by atoms with E-state index in [1.54, 1.807) is 12.1 Å². The predicted molar refractivity (Wildman–Crippen MR) is 115 cm³/mol. The van der Waals surface area contributed by atoms with Crippen LogP contribution in [0, 0.1) is 5.92 Å². The van der Waals surface area contributed by atoms with Crippen LogP contribution in [0.2, 0.25) is 0 Å². The number of hydrogen-bond donors (Lipinski definition) is 2. The van der Waals surface area contributed by atoms with Gasteiger partial charge in [-0.3, -0.25) is 9.78 Å². The Labute approximate surface area is 185 Å². The molecule has 4 rings (SSSR count). The van der Waals surface area contributed by atoms with E-state index in [0.29, 0.717) is 11.4 Å². The first-order valence-electron chi connectivity index (χ1n) is 9.98. The van der Waals surface area contributed by atoms with Crippen molar-refractivity contribution in [2.75, 3.05) is 37.0 Å². The summed E-state index contributed by atoms with van der Waals surface area (Å²) in [6.07, 6.45) is -1.81. The van der Waals surface area contributed by atoms with E-state index in [4.69, 9.17) is 4.74 Å². The number of aromatic nitrogens is 2. The number of benzene rings is 1. The van der Waals surface area contributed by atoms with E-state index >= 15 is 0 Å². The lowest BCUT2D eigenvalue weighted by molar-refractivity contribution is -0.138. The Bertz CT molecular complexity index is 1130. The fourth-order valence-electron chi connectivity index (χ4n) is 3.65. The van der Waals surface area contributed by atoms with E-state index in [2.05, 4.69) is 20.2 Å². The molecule has 0 spiro atoms. The number of nitrogens with zero attached hydrogens (tertiary/aromatic N) is 3. The molecule has 1 aliphatic heterocycles. The Kier molecular flexibility index (Phi) is 6.20. The molecule has 1 saturated heterocycles. The molecule has 3 heterocycles. The van der Waals surface area contributed by atoms with E-state index < -0.39 is 23.3 Å². The molecule has 32 heavy (non-hydrogen) atoms. The van der Waals surface area contributed by atoms with Gasteiger partial charge in [0.05, 0.1) is 28.6 Å². The van der Waals surface area contributed by atoms with Gasteiger partial charge in [0.25, 0.3) is 5.91 Å². The van der Waals surface area contributed by atoms with Crippen LogP contribution in [0.25, 0.3) is 10.2 Å². The molecule has 0 bridgehead atoms. The Hall–Kier alpha value is -2.92. The fourth-order valence-corrected chi connectivity index (χ4v) is 4.69. The Balaban J connectivity index is 1.61. The Morgan fingerprint density at radius 2 is 2.09 bits per heavy atom. The van der Waals surface area contributed by atoms with E-state index in [9.17, 15) is 23.1 Å². The average molecular weight is 466 g/mol. The molecule has 170 valence electrons.